The first kappa shape index (κ1) is 18.7. The number of benzene rings is 2. The third-order valence-electron chi connectivity index (χ3n) is 4.91. The van der Waals surface area contributed by atoms with Gasteiger partial charge in [0.2, 0.25) is 0 Å². The summed E-state index contributed by atoms with van der Waals surface area (Å²) in [4.78, 5) is 19.7. The van der Waals surface area contributed by atoms with E-state index >= 15 is 0 Å². The van der Waals surface area contributed by atoms with Crippen LogP contribution in [0.5, 0.6) is 0 Å². The Balaban J connectivity index is 1.52. The summed E-state index contributed by atoms with van der Waals surface area (Å²) in [5.74, 6) is -2.55. The molecule has 1 fully saturated rings. The maximum absolute atomic E-state index is 14.0. The second-order valence-corrected chi connectivity index (χ2v) is 7.83. The van der Waals surface area contributed by atoms with Crippen LogP contribution in [0.3, 0.4) is 0 Å². The first-order valence-corrected chi connectivity index (χ1v) is 9.79. The van der Waals surface area contributed by atoms with Crippen molar-refractivity contribution in [1.29, 1.82) is 0 Å². The first-order chi connectivity index (χ1) is 13.5. The van der Waals surface area contributed by atoms with Gasteiger partial charge in [0.15, 0.2) is 11.6 Å². The van der Waals surface area contributed by atoms with Gasteiger partial charge in [0.25, 0.3) is 5.91 Å². The lowest BCUT2D eigenvalue weighted by Gasteiger charge is -2.32. The number of carbonyl (C=O) groups is 1. The molecular weight excluding hydrogens is 385 g/mol. The number of thiazole rings is 1. The maximum Gasteiger partial charge on any atom is 0.256 e. The summed E-state index contributed by atoms with van der Waals surface area (Å²) in [5, 5.41) is 0.603. The van der Waals surface area contributed by atoms with Crippen molar-refractivity contribution in [2.24, 2.45) is 0 Å². The molecule has 1 aromatic heterocycles. The van der Waals surface area contributed by atoms with Crippen molar-refractivity contribution in [3.8, 4) is 10.6 Å². The van der Waals surface area contributed by atoms with E-state index in [-0.39, 0.29) is 17.4 Å². The molecule has 0 N–H and O–H groups in total. The minimum Gasteiger partial charge on any atom is -0.338 e. The largest absolute Gasteiger partial charge is 0.338 e. The van der Waals surface area contributed by atoms with Gasteiger partial charge in [-0.1, -0.05) is 12.1 Å². The number of rotatable bonds is 3. The van der Waals surface area contributed by atoms with Crippen LogP contribution >= 0.6 is 11.3 Å². The number of likely N-dealkylation sites (tertiary alicyclic amines) is 1. The average molecular weight is 402 g/mol. The molecule has 0 aliphatic carbocycles. The molecule has 4 rings (SSSR count). The van der Waals surface area contributed by atoms with E-state index in [1.165, 1.54) is 29.5 Å². The quantitative estimate of drug-likeness (QED) is 0.600. The first-order valence-electron chi connectivity index (χ1n) is 8.98. The Morgan fingerprint density at radius 1 is 1.07 bits per heavy atom. The Morgan fingerprint density at radius 3 is 2.68 bits per heavy atom. The Hall–Kier alpha value is -2.67. The minimum atomic E-state index is -0.909. The zero-order chi connectivity index (χ0) is 19.7. The SMILES string of the molecule is O=C(c1ccccc1F)N1CCCC(c2cnc(-c3ccc(F)c(F)c3)s2)C1. The lowest BCUT2D eigenvalue weighted by atomic mass is 9.96. The molecular formula is C21H17F3N2OS. The average Bonchev–Trinajstić information content (AvgIpc) is 3.20. The number of amides is 1. The molecule has 0 spiro atoms. The molecule has 144 valence electrons. The van der Waals surface area contributed by atoms with Crippen LogP contribution in [-0.2, 0) is 0 Å². The molecule has 0 saturated carbocycles. The fourth-order valence-electron chi connectivity index (χ4n) is 3.44. The molecule has 3 nitrogen and oxygen atoms in total. The number of piperidine rings is 1. The van der Waals surface area contributed by atoms with Crippen molar-refractivity contribution in [1.82, 2.24) is 9.88 Å². The predicted molar refractivity (Wildman–Crippen MR) is 102 cm³/mol. The predicted octanol–water partition coefficient (Wildman–Crippen LogP) is 5.25. The second-order valence-electron chi connectivity index (χ2n) is 6.77. The molecule has 7 heteroatoms. The number of carbonyl (C=O) groups excluding carboxylic acids is 1. The number of aromatic nitrogens is 1. The van der Waals surface area contributed by atoms with Crippen molar-refractivity contribution < 1.29 is 18.0 Å². The van der Waals surface area contributed by atoms with E-state index in [9.17, 15) is 18.0 Å². The van der Waals surface area contributed by atoms with Crippen LogP contribution in [0.15, 0.2) is 48.7 Å². The maximum atomic E-state index is 14.0. The lowest BCUT2D eigenvalue weighted by Crippen LogP contribution is -2.39. The van der Waals surface area contributed by atoms with Gasteiger partial charge >= 0.3 is 0 Å². The Labute approximate surface area is 164 Å². The van der Waals surface area contributed by atoms with Gasteiger partial charge in [-0.25, -0.2) is 18.2 Å². The van der Waals surface area contributed by atoms with E-state index < -0.39 is 17.5 Å². The molecule has 1 aliphatic heterocycles. The van der Waals surface area contributed by atoms with Crippen molar-refractivity contribution in [3.63, 3.8) is 0 Å². The van der Waals surface area contributed by atoms with E-state index in [1.807, 2.05) is 0 Å². The van der Waals surface area contributed by atoms with Gasteiger partial charge in [0.05, 0.1) is 5.56 Å². The molecule has 0 bridgehead atoms. The van der Waals surface area contributed by atoms with E-state index in [1.54, 1.807) is 23.2 Å². The van der Waals surface area contributed by atoms with Crippen LogP contribution in [0.1, 0.15) is 34.0 Å². The van der Waals surface area contributed by atoms with Gasteiger partial charge in [-0.3, -0.25) is 4.79 Å². The van der Waals surface area contributed by atoms with Gasteiger partial charge in [-0.05, 0) is 43.2 Å². The lowest BCUT2D eigenvalue weighted by molar-refractivity contribution is 0.0703. The summed E-state index contributed by atoms with van der Waals surface area (Å²) in [5.41, 5.74) is 0.597. The summed E-state index contributed by atoms with van der Waals surface area (Å²) in [7, 11) is 0. The minimum absolute atomic E-state index is 0.0786. The highest BCUT2D eigenvalue weighted by molar-refractivity contribution is 7.15. The summed E-state index contributed by atoms with van der Waals surface area (Å²) < 4.78 is 40.6. The van der Waals surface area contributed by atoms with Crippen LogP contribution in [0.4, 0.5) is 13.2 Å². The molecule has 1 saturated heterocycles. The summed E-state index contributed by atoms with van der Waals surface area (Å²) in [6.45, 7) is 1.06. The van der Waals surface area contributed by atoms with Gasteiger partial charge in [0, 0.05) is 35.6 Å². The Morgan fingerprint density at radius 2 is 1.89 bits per heavy atom. The third-order valence-corrected chi connectivity index (χ3v) is 6.11. The molecule has 1 aliphatic rings. The highest BCUT2D eigenvalue weighted by atomic mass is 32.1. The second kappa shape index (κ2) is 7.75. The Bertz CT molecular complexity index is 1020. The van der Waals surface area contributed by atoms with Gasteiger partial charge in [0.1, 0.15) is 10.8 Å². The molecule has 3 aromatic rings. The van der Waals surface area contributed by atoms with Crippen molar-refractivity contribution in [3.05, 3.63) is 76.6 Å². The molecule has 1 atom stereocenters. The standard InChI is InChI=1S/C21H17F3N2OS/c22-16-6-2-1-5-15(16)21(27)26-9-3-4-14(12-26)19-11-25-20(28-19)13-7-8-17(23)18(24)10-13/h1-2,5-8,10-11,14H,3-4,9,12H2. The van der Waals surface area contributed by atoms with Gasteiger partial charge in [-0.15, -0.1) is 11.3 Å². The number of nitrogens with zero attached hydrogens (tertiary/aromatic N) is 2. The van der Waals surface area contributed by atoms with Gasteiger partial charge in [-0.2, -0.15) is 0 Å². The normalized spacial score (nSPS) is 17.0. The summed E-state index contributed by atoms with van der Waals surface area (Å²) >= 11 is 1.41. The van der Waals surface area contributed by atoms with Gasteiger partial charge < -0.3 is 4.90 Å². The number of hydrogen-bond donors (Lipinski definition) is 0. The van der Waals surface area contributed by atoms with Crippen molar-refractivity contribution >= 4 is 17.2 Å². The summed E-state index contributed by atoms with van der Waals surface area (Å²) in [6, 6.07) is 9.70. The van der Waals surface area contributed by atoms with Crippen LogP contribution in [-0.4, -0.2) is 28.9 Å². The highest BCUT2D eigenvalue weighted by Gasteiger charge is 2.28. The van der Waals surface area contributed by atoms with E-state index in [2.05, 4.69) is 4.98 Å². The highest BCUT2D eigenvalue weighted by Crippen LogP contribution is 2.35. The number of hydrogen-bond acceptors (Lipinski definition) is 3. The fraction of sp³-hybridized carbons (Fsp3) is 0.238. The van der Waals surface area contributed by atoms with Crippen LogP contribution < -0.4 is 0 Å². The Kier molecular flexibility index (Phi) is 5.17. The topological polar surface area (TPSA) is 33.2 Å². The van der Waals surface area contributed by atoms with Crippen LogP contribution in [0, 0.1) is 17.5 Å². The van der Waals surface area contributed by atoms with E-state index in [0.29, 0.717) is 23.7 Å². The molecule has 1 amide bonds. The molecule has 2 heterocycles. The van der Waals surface area contributed by atoms with E-state index in [0.717, 1.165) is 29.9 Å². The molecule has 2 aromatic carbocycles. The van der Waals surface area contributed by atoms with Crippen molar-refractivity contribution in [2.75, 3.05) is 13.1 Å². The van der Waals surface area contributed by atoms with Crippen molar-refractivity contribution in [2.45, 2.75) is 18.8 Å². The summed E-state index contributed by atoms with van der Waals surface area (Å²) in [6.07, 6.45) is 3.42. The smallest absolute Gasteiger partial charge is 0.256 e. The van der Waals surface area contributed by atoms with Crippen LogP contribution in [0.25, 0.3) is 10.6 Å². The zero-order valence-electron chi connectivity index (χ0n) is 14.9. The molecule has 0 radical (unpaired) electrons. The number of halogens is 3. The fourth-order valence-corrected chi connectivity index (χ4v) is 4.47. The third kappa shape index (κ3) is 3.67. The molecule has 1 unspecified atom stereocenters. The zero-order valence-corrected chi connectivity index (χ0v) is 15.7. The molecule has 28 heavy (non-hydrogen) atoms. The van der Waals surface area contributed by atoms with Crippen LogP contribution in [0.2, 0.25) is 0 Å². The van der Waals surface area contributed by atoms with E-state index in [4.69, 9.17) is 0 Å². The monoisotopic (exact) mass is 402 g/mol.